The summed E-state index contributed by atoms with van der Waals surface area (Å²) < 4.78 is 0. The number of hydrogen-bond donors (Lipinski definition) is 0. The number of allylic oxidation sites excluding steroid dienone is 2. The Morgan fingerprint density at radius 3 is 1.90 bits per heavy atom. The number of hydrazone groups is 1. The fourth-order valence-electron chi connectivity index (χ4n) is 2.13. The van der Waals surface area contributed by atoms with Crippen molar-refractivity contribution in [1.82, 2.24) is 5.01 Å². The third kappa shape index (κ3) is 2.86. The van der Waals surface area contributed by atoms with Crippen LogP contribution in [0, 0.1) is 0 Å². The molecule has 0 fully saturated rings. The van der Waals surface area contributed by atoms with Gasteiger partial charge in [0, 0.05) is 17.3 Å². The van der Waals surface area contributed by atoms with Crippen LogP contribution in [0.25, 0.3) is 0 Å². The predicted octanol–water partition coefficient (Wildman–Crippen LogP) is 3.82. The molecule has 0 radical (unpaired) electrons. The Labute approximate surface area is 119 Å². The van der Waals surface area contributed by atoms with Crippen LogP contribution in [0.5, 0.6) is 0 Å². The second kappa shape index (κ2) is 6.02. The molecule has 0 N–H and O–H groups in total. The molecular weight excluding hydrogens is 244 g/mol. The van der Waals surface area contributed by atoms with Gasteiger partial charge in [-0.15, -0.1) is 0 Å². The van der Waals surface area contributed by atoms with Gasteiger partial charge < -0.3 is 0 Å². The van der Waals surface area contributed by atoms with Crippen LogP contribution in [0.2, 0.25) is 0 Å². The highest BCUT2D eigenvalue weighted by molar-refractivity contribution is 6.12. The van der Waals surface area contributed by atoms with Gasteiger partial charge in [-0.25, -0.2) is 0 Å². The Hall–Kier alpha value is -2.61. The van der Waals surface area contributed by atoms with Crippen LogP contribution >= 0.6 is 0 Å². The van der Waals surface area contributed by atoms with Gasteiger partial charge in [-0.1, -0.05) is 72.8 Å². The van der Waals surface area contributed by atoms with E-state index in [2.05, 4.69) is 30.3 Å². The first-order chi connectivity index (χ1) is 9.93. The maximum atomic E-state index is 4.79. The van der Waals surface area contributed by atoms with Crippen LogP contribution in [0.1, 0.15) is 11.1 Å². The highest BCUT2D eigenvalue weighted by Crippen LogP contribution is 2.13. The van der Waals surface area contributed by atoms with Crippen molar-refractivity contribution in [2.75, 3.05) is 6.54 Å². The Balaban J connectivity index is 2.02. The number of benzene rings is 2. The Morgan fingerprint density at radius 2 is 1.40 bits per heavy atom. The summed E-state index contributed by atoms with van der Waals surface area (Å²) in [4.78, 5) is 0. The topological polar surface area (TPSA) is 15.6 Å². The van der Waals surface area contributed by atoms with E-state index in [4.69, 9.17) is 5.10 Å². The molecule has 2 heteroatoms. The van der Waals surface area contributed by atoms with Crippen LogP contribution in [0.3, 0.4) is 0 Å². The second-order valence-corrected chi connectivity index (χ2v) is 4.57. The molecule has 0 aliphatic carbocycles. The molecule has 0 unspecified atom stereocenters. The standard InChI is InChI=1S/C18H16N2/c1-4-10-16(11-5-1)18(17-12-6-2-7-13-17)19-20-14-8-3-9-15-20/h1-14H,15H2. The van der Waals surface area contributed by atoms with E-state index < -0.39 is 0 Å². The van der Waals surface area contributed by atoms with Gasteiger partial charge in [0.25, 0.3) is 0 Å². The Bertz CT molecular complexity index is 598. The van der Waals surface area contributed by atoms with Crippen LogP contribution < -0.4 is 0 Å². The van der Waals surface area contributed by atoms with Gasteiger partial charge >= 0.3 is 0 Å². The van der Waals surface area contributed by atoms with Gasteiger partial charge in [-0.2, -0.15) is 5.10 Å². The van der Waals surface area contributed by atoms with Crippen molar-refractivity contribution in [3.8, 4) is 0 Å². The second-order valence-electron chi connectivity index (χ2n) is 4.57. The van der Waals surface area contributed by atoms with E-state index in [1.54, 1.807) is 0 Å². The summed E-state index contributed by atoms with van der Waals surface area (Å²) in [6.07, 6.45) is 8.13. The van der Waals surface area contributed by atoms with E-state index in [1.165, 1.54) is 0 Å². The Morgan fingerprint density at radius 1 is 0.800 bits per heavy atom. The maximum absolute atomic E-state index is 4.79. The van der Waals surface area contributed by atoms with Gasteiger partial charge in [0.15, 0.2) is 0 Å². The van der Waals surface area contributed by atoms with E-state index in [0.29, 0.717) is 0 Å². The fraction of sp³-hybridized carbons (Fsp3) is 0.0556. The van der Waals surface area contributed by atoms with E-state index in [-0.39, 0.29) is 0 Å². The van der Waals surface area contributed by atoms with Crippen molar-refractivity contribution in [3.63, 3.8) is 0 Å². The molecule has 1 aliphatic heterocycles. The maximum Gasteiger partial charge on any atom is 0.0980 e. The average Bonchev–Trinajstić information content (AvgIpc) is 2.55. The SMILES string of the molecule is C1=CCN(N=C(c2ccccc2)c2ccccc2)C=C1. The van der Waals surface area contributed by atoms with Crippen molar-refractivity contribution in [1.29, 1.82) is 0 Å². The highest BCUT2D eigenvalue weighted by atomic mass is 15.4. The lowest BCUT2D eigenvalue weighted by Crippen LogP contribution is -2.16. The average molecular weight is 260 g/mol. The van der Waals surface area contributed by atoms with Gasteiger partial charge in [0.05, 0.1) is 12.3 Å². The predicted molar refractivity (Wildman–Crippen MR) is 83.5 cm³/mol. The summed E-state index contributed by atoms with van der Waals surface area (Å²) in [5, 5.41) is 6.74. The van der Waals surface area contributed by atoms with E-state index in [0.717, 1.165) is 23.4 Å². The smallest absolute Gasteiger partial charge is 0.0980 e. The molecular formula is C18H16N2. The molecule has 2 aromatic carbocycles. The molecule has 1 aliphatic rings. The number of nitrogens with zero attached hydrogens (tertiary/aromatic N) is 2. The third-order valence-electron chi connectivity index (χ3n) is 3.12. The first-order valence-electron chi connectivity index (χ1n) is 6.73. The molecule has 0 bridgehead atoms. The summed E-state index contributed by atoms with van der Waals surface area (Å²) in [7, 11) is 0. The van der Waals surface area contributed by atoms with Crippen molar-refractivity contribution in [3.05, 3.63) is 96.2 Å². The molecule has 0 aromatic heterocycles. The highest BCUT2D eigenvalue weighted by Gasteiger charge is 2.08. The summed E-state index contributed by atoms with van der Waals surface area (Å²) in [5.74, 6) is 0. The van der Waals surface area contributed by atoms with Crippen molar-refractivity contribution < 1.29 is 0 Å². The minimum absolute atomic E-state index is 0.805. The molecule has 2 aromatic rings. The summed E-state index contributed by atoms with van der Waals surface area (Å²) in [6, 6.07) is 20.6. The lowest BCUT2D eigenvalue weighted by molar-refractivity contribution is 0.440. The molecule has 0 amide bonds. The summed E-state index contributed by atoms with van der Waals surface area (Å²) in [6.45, 7) is 0.805. The molecule has 1 heterocycles. The van der Waals surface area contributed by atoms with E-state index in [9.17, 15) is 0 Å². The van der Waals surface area contributed by atoms with E-state index in [1.807, 2.05) is 59.8 Å². The van der Waals surface area contributed by atoms with Gasteiger partial charge in [-0.05, 0) is 6.08 Å². The van der Waals surface area contributed by atoms with Gasteiger partial charge in [0.1, 0.15) is 0 Å². The van der Waals surface area contributed by atoms with Gasteiger partial charge in [-0.3, -0.25) is 5.01 Å². The lowest BCUT2D eigenvalue weighted by atomic mass is 10.0. The molecule has 0 spiro atoms. The van der Waals surface area contributed by atoms with Crippen molar-refractivity contribution in [2.24, 2.45) is 5.10 Å². The largest absolute Gasteiger partial charge is 0.268 e. The number of rotatable bonds is 3. The lowest BCUT2D eigenvalue weighted by Gasteiger charge is -2.17. The minimum Gasteiger partial charge on any atom is -0.268 e. The zero-order valence-corrected chi connectivity index (χ0v) is 11.2. The van der Waals surface area contributed by atoms with Gasteiger partial charge in [0.2, 0.25) is 0 Å². The van der Waals surface area contributed by atoms with Crippen LogP contribution in [-0.2, 0) is 0 Å². The van der Waals surface area contributed by atoms with Crippen LogP contribution in [0.15, 0.2) is 90.2 Å². The Kier molecular flexibility index (Phi) is 3.74. The van der Waals surface area contributed by atoms with Crippen LogP contribution in [0.4, 0.5) is 0 Å². The zero-order valence-electron chi connectivity index (χ0n) is 11.2. The number of hydrogen-bond acceptors (Lipinski definition) is 2. The first-order valence-corrected chi connectivity index (χ1v) is 6.73. The van der Waals surface area contributed by atoms with Crippen molar-refractivity contribution >= 4 is 5.71 Å². The molecule has 0 saturated heterocycles. The summed E-state index contributed by atoms with van der Waals surface area (Å²) >= 11 is 0. The van der Waals surface area contributed by atoms with Crippen molar-refractivity contribution in [2.45, 2.75) is 0 Å². The monoisotopic (exact) mass is 260 g/mol. The van der Waals surface area contributed by atoms with E-state index >= 15 is 0 Å². The van der Waals surface area contributed by atoms with Crippen LogP contribution in [-0.4, -0.2) is 17.3 Å². The quantitative estimate of drug-likeness (QED) is 0.766. The minimum atomic E-state index is 0.805. The third-order valence-corrected chi connectivity index (χ3v) is 3.12. The molecule has 2 nitrogen and oxygen atoms in total. The molecule has 20 heavy (non-hydrogen) atoms. The first kappa shape index (κ1) is 12.4. The molecule has 98 valence electrons. The normalized spacial score (nSPS) is 13.3. The zero-order chi connectivity index (χ0) is 13.6. The molecule has 3 rings (SSSR count). The molecule has 0 saturated carbocycles. The summed E-state index contributed by atoms with van der Waals surface area (Å²) in [5.41, 5.74) is 3.24. The molecule has 0 atom stereocenters. The fourth-order valence-corrected chi connectivity index (χ4v) is 2.13.